The van der Waals surface area contributed by atoms with Crippen LogP contribution in [0, 0.1) is 0 Å². The average molecular weight is 215 g/mol. The molecule has 0 amide bonds. The summed E-state index contributed by atoms with van der Waals surface area (Å²) in [5.41, 5.74) is 2.16. The van der Waals surface area contributed by atoms with Gasteiger partial charge in [0.25, 0.3) is 0 Å². The monoisotopic (exact) mass is 215 g/mol. The molecule has 16 heavy (non-hydrogen) atoms. The van der Waals surface area contributed by atoms with E-state index in [2.05, 4.69) is 12.1 Å². The lowest BCUT2D eigenvalue weighted by Crippen LogP contribution is -1.83. The first-order valence-corrected chi connectivity index (χ1v) is 5.91. The van der Waals surface area contributed by atoms with E-state index in [1.54, 1.807) is 0 Å². The van der Waals surface area contributed by atoms with Gasteiger partial charge in [0.15, 0.2) is 5.76 Å². The summed E-state index contributed by atoms with van der Waals surface area (Å²) in [6.07, 6.45) is 4.71. The zero-order valence-corrected chi connectivity index (χ0v) is 9.65. The maximum atomic E-state index is 5.33. The molecule has 0 N–H and O–H groups in total. The van der Waals surface area contributed by atoms with E-state index in [1.165, 1.54) is 19.3 Å². The topological polar surface area (TPSA) is 26.0 Å². The lowest BCUT2D eigenvalue weighted by atomic mass is 10.1. The van der Waals surface area contributed by atoms with Crippen molar-refractivity contribution < 1.29 is 4.52 Å². The van der Waals surface area contributed by atoms with Crippen molar-refractivity contribution in [2.24, 2.45) is 0 Å². The Labute approximate surface area is 96.3 Å². The molecule has 0 bridgehead atoms. The Kier molecular flexibility index (Phi) is 3.76. The third-order valence-corrected chi connectivity index (χ3v) is 2.65. The van der Waals surface area contributed by atoms with Crippen molar-refractivity contribution in [3.8, 4) is 11.3 Å². The van der Waals surface area contributed by atoms with Gasteiger partial charge in [0.05, 0.1) is 5.69 Å². The molecular formula is C14H17NO. The maximum Gasteiger partial charge on any atom is 0.167 e. The highest BCUT2D eigenvalue weighted by Crippen LogP contribution is 2.20. The van der Waals surface area contributed by atoms with E-state index in [-0.39, 0.29) is 0 Å². The molecular weight excluding hydrogens is 198 g/mol. The van der Waals surface area contributed by atoms with Crippen LogP contribution in [-0.4, -0.2) is 5.16 Å². The first-order valence-electron chi connectivity index (χ1n) is 5.91. The van der Waals surface area contributed by atoms with E-state index in [0.29, 0.717) is 0 Å². The second kappa shape index (κ2) is 5.50. The fourth-order valence-electron chi connectivity index (χ4n) is 1.72. The largest absolute Gasteiger partial charge is 0.356 e. The van der Waals surface area contributed by atoms with E-state index < -0.39 is 0 Å². The Morgan fingerprint density at radius 1 is 1.12 bits per heavy atom. The molecule has 0 saturated carbocycles. The number of nitrogens with zero attached hydrogens (tertiary/aromatic N) is 1. The normalized spacial score (nSPS) is 10.6. The minimum absolute atomic E-state index is 0.868. The Bertz CT molecular complexity index is 419. The number of aromatic nitrogens is 1. The van der Waals surface area contributed by atoms with Crippen LogP contribution < -0.4 is 0 Å². The predicted octanol–water partition coefficient (Wildman–Crippen LogP) is 4.07. The second-order valence-corrected chi connectivity index (χ2v) is 4.01. The van der Waals surface area contributed by atoms with Crippen LogP contribution in [0.4, 0.5) is 0 Å². The van der Waals surface area contributed by atoms with Crippen LogP contribution >= 0.6 is 0 Å². The Morgan fingerprint density at radius 3 is 2.69 bits per heavy atom. The summed E-state index contributed by atoms with van der Waals surface area (Å²) in [4.78, 5) is 0. The highest BCUT2D eigenvalue weighted by Gasteiger charge is 2.05. The summed E-state index contributed by atoms with van der Waals surface area (Å²) < 4.78 is 5.33. The molecule has 2 aromatic rings. The van der Waals surface area contributed by atoms with Crippen LogP contribution in [0.25, 0.3) is 11.3 Å². The molecule has 0 radical (unpaired) electrons. The zero-order chi connectivity index (χ0) is 11.2. The second-order valence-electron chi connectivity index (χ2n) is 4.01. The van der Waals surface area contributed by atoms with E-state index >= 15 is 0 Å². The smallest absolute Gasteiger partial charge is 0.167 e. The van der Waals surface area contributed by atoms with E-state index in [0.717, 1.165) is 23.4 Å². The van der Waals surface area contributed by atoms with E-state index in [9.17, 15) is 0 Å². The van der Waals surface area contributed by atoms with Crippen molar-refractivity contribution >= 4 is 0 Å². The number of hydrogen-bond acceptors (Lipinski definition) is 2. The molecule has 0 unspecified atom stereocenters. The van der Waals surface area contributed by atoms with Gasteiger partial charge in [-0.2, -0.15) is 0 Å². The van der Waals surface area contributed by atoms with Crippen LogP contribution in [0.2, 0.25) is 0 Å². The molecule has 1 heterocycles. The Balaban J connectivity index is 2.02. The van der Waals surface area contributed by atoms with Crippen LogP contribution in [0.1, 0.15) is 31.9 Å². The van der Waals surface area contributed by atoms with Gasteiger partial charge in [0.2, 0.25) is 0 Å². The number of benzene rings is 1. The third-order valence-electron chi connectivity index (χ3n) is 2.65. The minimum Gasteiger partial charge on any atom is -0.356 e. The van der Waals surface area contributed by atoms with Crippen LogP contribution in [0.3, 0.4) is 0 Å². The fraction of sp³-hybridized carbons (Fsp3) is 0.357. The summed E-state index contributed by atoms with van der Waals surface area (Å²) in [5, 5.41) is 4.09. The zero-order valence-electron chi connectivity index (χ0n) is 9.65. The molecule has 0 aliphatic carbocycles. The molecule has 0 saturated heterocycles. The summed E-state index contributed by atoms with van der Waals surface area (Å²) in [5.74, 6) is 0.868. The molecule has 1 aromatic carbocycles. The van der Waals surface area contributed by atoms with Gasteiger partial charge in [-0.1, -0.05) is 55.3 Å². The molecule has 0 spiro atoms. The summed E-state index contributed by atoms with van der Waals surface area (Å²) in [6.45, 7) is 2.21. The number of aryl methyl sites for hydroxylation is 1. The maximum absolute atomic E-state index is 5.33. The van der Waals surface area contributed by atoms with Gasteiger partial charge >= 0.3 is 0 Å². The Hall–Kier alpha value is -1.57. The fourth-order valence-corrected chi connectivity index (χ4v) is 1.72. The molecule has 0 aliphatic rings. The molecule has 0 aliphatic heterocycles. The van der Waals surface area contributed by atoms with Crippen molar-refractivity contribution in [1.29, 1.82) is 0 Å². The van der Waals surface area contributed by atoms with Crippen molar-refractivity contribution in [1.82, 2.24) is 5.16 Å². The van der Waals surface area contributed by atoms with Gasteiger partial charge in [-0.05, 0) is 12.8 Å². The quantitative estimate of drug-likeness (QED) is 0.702. The standard InChI is InChI=1S/C14H17NO/c1-2-3-5-10-13-11-14(16-15-13)12-8-6-4-7-9-12/h4,6-9,11H,2-3,5,10H2,1H3. The lowest BCUT2D eigenvalue weighted by Gasteiger charge is -1.93. The predicted molar refractivity (Wildman–Crippen MR) is 65.2 cm³/mol. The molecule has 0 atom stereocenters. The molecule has 2 nitrogen and oxygen atoms in total. The molecule has 0 fully saturated rings. The summed E-state index contributed by atoms with van der Waals surface area (Å²) in [7, 11) is 0. The number of unbranched alkanes of at least 4 members (excludes halogenated alkanes) is 2. The number of hydrogen-bond donors (Lipinski definition) is 0. The van der Waals surface area contributed by atoms with E-state index in [1.807, 2.05) is 36.4 Å². The van der Waals surface area contributed by atoms with Gasteiger partial charge < -0.3 is 4.52 Å². The molecule has 1 aromatic heterocycles. The van der Waals surface area contributed by atoms with Gasteiger partial charge in [0.1, 0.15) is 0 Å². The Morgan fingerprint density at radius 2 is 1.94 bits per heavy atom. The van der Waals surface area contributed by atoms with Crippen molar-refractivity contribution in [3.05, 3.63) is 42.1 Å². The van der Waals surface area contributed by atoms with Crippen molar-refractivity contribution in [2.45, 2.75) is 32.6 Å². The SMILES string of the molecule is CCCCCc1cc(-c2ccccc2)on1. The molecule has 2 rings (SSSR count). The average Bonchev–Trinajstić information content (AvgIpc) is 2.79. The first kappa shape index (κ1) is 10.9. The van der Waals surface area contributed by atoms with Crippen LogP contribution in [0.5, 0.6) is 0 Å². The van der Waals surface area contributed by atoms with Crippen molar-refractivity contribution in [2.75, 3.05) is 0 Å². The van der Waals surface area contributed by atoms with Gasteiger partial charge in [-0.3, -0.25) is 0 Å². The third kappa shape index (κ3) is 2.72. The van der Waals surface area contributed by atoms with Crippen molar-refractivity contribution in [3.63, 3.8) is 0 Å². The van der Waals surface area contributed by atoms with Gasteiger partial charge in [-0.25, -0.2) is 0 Å². The summed E-state index contributed by atoms with van der Waals surface area (Å²) >= 11 is 0. The summed E-state index contributed by atoms with van der Waals surface area (Å²) in [6, 6.07) is 12.1. The minimum atomic E-state index is 0.868. The number of rotatable bonds is 5. The molecule has 84 valence electrons. The van der Waals surface area contributed by atoms with Crippen LogP contribution in [-0.2, 0) is 6.42 Å². The van der Waals surface area contributed by atoms with Gasteiger partial charge in [-0.15, -0.1) is 0 Å². The lowest BCUT2D eigenvalue weighted by molar-refractivity contribution is 0.422. The van der Waals surface area contributed by atoms with Gasteiger partial charge in [0, 0.05) is 11.6 Å². The van der Waals surface area contributed by atoms with E-state index in [4.69, 9.17) is 4.52 Å². The van der Waals surface area contributed by atoms with Crippen LogP contribution in [0.15, 0.2) is 40.9 Å². The highest BCUT2D eigenvalue weighted by molar-refractivity contribution is 5.56. The molecule has 2 heteroatoms. The first-order chi connectivity index (χ1) is 7.90. The highest BCUT2D eigenvalue weighted by atomic mass is 16.5.